The minimum atomic E-state index is 0.586. The number of nitrogens with one attached hydrogen (secondary N) is 1. The third-order valence-corrected chi connectivity index (χ3v) is 4.12. The fraction of sp³-hybridized carbons (Fsp3) is 0.769. The first-order valence-corrected chi connectivity index (χ1v) is 7.14. The highest BCUT2D eigenvalue weighted by atomic mass is 32.1. The maximum absolute atomic E-state index is 5.35. The predicted octanol–water partition coefficient (Wildman–Crippen LogP) is 2.98. The Morgan fingerprint density at radius 3 is 2.71 bits per heavy atom. The monoisotopic (exact) mass is 253 g/mol. The molecule has 1 saturated heterocycles. The van der Waals surface area contributed by atoms with Crippen molar-refractivity contribution in [2.24, 2.45) is 0 Å². The lowest BCUT2D eigenvalue weighted by molar-refractivity contribution is 0.159. The van der Waals surface area contributed by atoms with Crippen molar-refractivity contribution in [3.05, 3.63) is 16.7 Å². The zero-order valence-corrected chi connectivity index (χ0v) is 11.7. The van der Waals surface area contributed by atoms with E-state index in [2.05, 4.69) is 28.3 Å². The number of rotatable bonds is 4. The van der Waals surface area contributed by atoms with Gasteiger partial charge >= 0.3 is 0 Å². The average molecular weight is 253 g/mol. The molecule has 17 heavy (non-hydrogen) atoms. The molecule has 2 heterocycles. The number of aryl methyl sites for hydroxylation is 1. The topological polar surface area (TPSA) is 24.0 Å². The van der Waals surface area contributed by atoms with Crippen molar-refractivity contribution in [2.45, 2.75) is 52.1 Å². The second-order valence-corrected chi connectivity index (χ2v) is 5.38. The van der Waals surface area contributed by atoms with Gasteiger partial charge < -0.3 is 9.55 Å². The van der Waals surface area contributed by atoms with Crippen molar-refractivity contribution in [3.8, 4) is 0 Å². The molecule has 1 atom stereocenters. The Morgan fingerprint density at radius 1 is 1.35 bits per heavy atom. The summed E-state index contributed by atoms with van der Waals surface area (Å²) in [5, 5.41) is 0. The SMILES string of the molecule is CCc1c[nH]c(=S)n1CC(C)N1CCCCC1. The molecule has 0 spiro atoms. The third-order valence-electron chi connectivity index (χ3n) is 3.78. The molecule has 0 bridgehead atoms. The molecule has 1 aromatic rings. The Balaban J connectivity index is 2.03. The van der Waals surface area contributed by atoms with Crippen LogP contribution in [0.2, 0.25) is 0 Å². The molecule has 0 aromatic carbocycles. The van der Waals surface area contributed by atoms with Crippen molar-refractivity contribution in [1.29, 1.82) is 0 Å². The van der Waals surface area contributed by atoms with Gasteiger partial charge in [-0.25, -0.2) is 0 Å². The summed E-state index contributed by atoms with van der Waals surface area (Å²) >= 11 is 5.35. The Morgan fingerprint density at radius 2 is 2.06 bits per heavy atom. The van der Waals surface area contributed by atoms with E-state index in [0.717, 1.165) is 17.7 Å². The number of H-pyrrole nitrogens is 1. The Hall–Kier alpha value is -0.610. The number of hydrogen-bond donors (Lipinski definition) is 1. The highest BCUT2D eigenvalue weighted by molar-refractivity contribution is 7.71. The molecule has 1 aliphatic rings. The van der Waals surface area contributed by atoms with Crippen LogP contribution < -0.4 is 0 Å². The number of nitrogens with zero attached hydrogens (tertiary/aromatic N) is 2. The van der Waals surface area contributed by atoms with Crippen LogP contribution in [0.4, 0.5) is 0 Å². The number of aromatic nitrogens is 2. The van der Waals surface area contributed by atoms with Crippen LogP contribution in [0.3, 0.4) is 0 Å². The summed E-state index contributed by atoms with van der Waals surface area (Å²) in [5.41, 5.74) is 1.32. The Bertz CT molecular complexity index is 401. The van der Waals surface area contributed by atoms with Crippen LogP contribution in [0, 0.1) is 4.77 Å². The molecule has 2 rings (SSSR count). The summed E-state index contributed by atoms with van der Waals surface area (Å²) in [4.78, 5) is 5.75. The standard InChI is InChI=1S/C13H23N3S/c1-3-12-9-14-13(17)16(12)10-11(2)15-7-5-4-6-8-15/h9,11H,3-8,10H2,1-2H3,(H,14,17). The highest BCUT2D eigenvalue weighted by Crippen LogP contribution is 2.14. The van der Waals surface area contributed by atoms with Crippen LogP contribution in [0.25, 0.3) is 0 Å². The van der Waals surface area contributed by atoms with Gasteiger partial charge in [0.15, 0.2) is 4.77 Å². The molecular formula is C13H23N3S. The molecule has 96 valence electrons. The molecule has 0 amide bonds. The molecule has 1 fully saturated rings. The summed E-state index contributed by atoms with van der Waals surface area (Å²) in [6, 6.07) is 0.586. The van der Waals surface area contributed by atoms with E-state index in [1.54, 1.807) is 0 Å². The minimum absolute atomic E-state index is 0.586. The molecule has 4 heteroatoms. The van der Waals surface area contributed by atoms with Gasteiger partial charge in [0.2, 0.25) is 0 Å². The van der Waals surface area contributed by atoms with Crippen molar-refractivity contribution in [2.75, 3.05) is 13.1 Å². The van der Waals surface area contributed by atoms with Crippen LogP contribution >= 0.6 is 12.2 Å². The maximum Gasteiger partial charge on any atom is 0.177 e. The molecule has 0 saturated carbocycles. The van der Waals surface area contributed by atoms with E-state index < -0.39 is 0 Å². The highest BCUT2D eigenvalue weighted by Gasteiger charge is 2.17. The van der Waals surface area contributed by atoms with Gasteiger partial charge in [0, 0.05) is 24.5 Å². The summed E-state index contributed by atoms with van der Waals surface area (Å²) in [6.45, 7) is 8.02. The van der Waals surface area contributed by atoms with E-state index in [4.69, 9.17) is 12.2 Å². The number of hydrogen-bond acceptors (Lipinski definition) is 2. The van der Waals surface area contributed by atoms with Crippen LogP contribution in [0.15, 0.2) is 6.20 Å². The molecule has 3 nitrogen and oxygen atoms in total. The zero-order valence-electron chi connectivity index (χ0n) is 10.9. The normalized spacial score (nSPS) is 19.4. The van der Waals surface area contributed by atoms with Gasteiger partial charge in [-0.05, 0) is 51.5 Å². The van der Waals surface area contributed by atoms with Crippen molar-refractivity contribution in [3.63, 3.8) is 0 Å². The van der Waals surface area contributed by atoms with Gasteiger partial charge in [0.1, 0.15) is 0 Å². The Kier molecular flexibility index (Phi) is 4.40. The minimum Gasteiger partial charge on any atom is -0.337 e. The molecule has 1 aliphatic heterocycles. The lowest BCUT2D eigenvalue weighted by Gasteiger charge is -2.32. The van der Waals surface area contributed by atoms with E-state index >= 15 is 0 Å². The van der Waals surface area contributed by atoms with E-state index in [0.29, 0.717) is 6.04 Å². The quantitative estimate of drug-likeness (QED) is 0.834. The van der Waals surface area contributed by atoms with Crippen molar-refractivity contribution < 1.29 is 0 Å². The molecule has 1 N–H and O–H groups in total. The second kappa shape index (κ2) is 5.83. The van der Waals surface area contributed by atoms with Gasteiger partial charge in [-0.15, -0.1) is 0 Å². The number of imidazole rings is 1. The molecule has 0 aliphatic carbocycles. The lowest BCUT2D eigenvalue weighted by atomic mass is 10.1. The molecule has 0 radical (unpaired) electrons. The molecule has 1 aromatic heterocycles. The summed E-state index contributed by atoms with van der Waals surface area (Å²) < 4.78 is 3.12. The maximum atomic E-state index is 5.35. The van der Waals surface area contributed by atoms with E-state index in [1.807, 2.05) is 6.20 Å². The first-order valence-electron chi connectivity index (χ1n) is 6.73. The van der Waals surface area contributed by atoms with Gasteiger partial charge in [0.25, 0.3) is 0 Å². The van der Waals surface area contributed by atoms with Crippen LogP contribution in [0.1, 0.15) is 38.8 Å². The van der Waals surface area contributed by atoms with Gasteiger partial charge in [-0.3, -0.25) is 4.90 Å². The summed E-state index contributed by atoms with van der Waals surface area (Å²) in [5.74, 6) is 0. The Labute approximate surface area is 109 Å². The van der Waals surface area contributed by atoms with Crippen molar-refractivity contribution in [1.82, 2.24) is 14.5 Å². The second-order valence-electron chi connectivity index (χ2n) is 4.99. The molecular weight excluding hydrogens is 230 g/mol. The lowest BCUT2D eigenvalue weighted by Crippen LogP contribution is -2.40. The number of likely N-dealkylation sites (tertiary alicyclic amines) is 1. The van der Waals surface area contributed by atoms with Gasteiger partial charge in [-0.2, -0.15) is 0 Å². The number of piperidine rings is 1. The van der Waals surface area contributed by atoms with Crippen LogP contribution in [-0.4, -0.2) is 33.6 Å². The predicted molar refractivity (Wildman–Crippen MR) is 73.9 cm³/mol. The van der Waals surface area contributed by atoms with Crippen molar-refractivity contribution >= 4 is 12.2 Å². The van der Waals surface area contributed by atoms with E-state index in [9.17, 15) is 0 Å². The first-order chi connectivity index (χ1) is 8.22. The van der Waals surface area contributed by atoms with E-state index in [1.165, 1.54) is 38.0 Å². The summed E-state index contributed by atoms with van der Waals surface area (Å²) in [6.07, 6.45) is 7.19. The third kappa shape index (κ3) is 2.99. The van der Waals surface area contributed by atoms with E-state index in [-0.39, 0.29) is 0 Å². The first kappa shape index (κ1) is 12.8. The van der Waals surface area contributed by atoms with Crippen LogP contribution in [0.5, 0.6) is 0 Å². The fourth-order valence-corrected chi connectivity index (χ4v) is 2.91. The van der Waals surface area contributed by atoms with Gasteiger partial charge in [-0.1, -0.05) is 13.3 Å². The number of aromatic amines is 1. The summed E-state index contributed by atoms with van der Waals surface area (Å²) in [7, 11) is 0. The molecule has 1 unspecified atom stereocenters. The average Bonchev–Trinajstić information content (AvgIpc) is 2.71. The largest absolute Gasteiger partial charge is 0.337 e. The zero-order chi connectivity index (χ0) is 12.3. The van der Waals surface area contributed by atoms with Crippen LogP contribution in [-0.2, 0) is 13.0 Å². The fourth-order valence-electron chi connectivity index (χ4n) is 2.66. The smallest absolute Gasteiger partial charge is 0.177 e. The van der Waals surface area contributed by atoms with Gasteiger partial charge in [0.05, 0.1) is 0 Å².